The van der Waals surface area contributed by atoms with Gasteiger partial charge >= 0.3 is 0 Å². The zero-order valence-electron chi connectivity index (χ0n) is 15.5. The molecule has 148 valence electrons. The number of hydrogen-bond donors (Lipinski definition) is 3. The number of unbranched alkanes of at least 4 members (excludes halogenated alkanes) is 7. The highest BCUT2D eigenvalue weighted by atomic mass is 16.7. The topological polar surface area (TPSA) is 88.4 Å². The summed E-state index contributed by atoms with van der Waals surface area (Å²) in [6.07, 6.45) is 6.29. The van der Waals surface area contributed by atoms with Gasteiger partial charge in [0.25, 0.3) is 0 Å². The first-order valence-electron chi connectivity index (χ1n) is 9.62. The summed E-state index contributed by atoms with van der Waals surface area (Å²) in [5.74, 6) is 0. The van der Waals surface area contributed by atoms with Crippen LogP contribution in [0.5, 0.6) is 0 Å². The van der Waals surface area contributed by atoms with E-state index in [1.165, 1.54) is 38.5 Å². The largest absolute Gasteiger partial charge is 0.394 e. The molecular formula is C19H36O6. The first-order valence-corrected chi connectivity index (χ1v) is 9.62. The van der Waals surface area contributed by atoms with E-state index in [-0.39, 0.29) is 13.2 Å². The van der Waals surface area contributed by atoms with E-state index in [0.717, 1.165) is 12.8 Å². The maximum absolute atomic E-state index is 10.3. The van der Waals surface area contributed by atoms with Crippen LogP contribution in [0, 0.1) is 0 Å². The minimum atomic E-state index is -1.10. The maximum Gasteiger partial charge on any atom is 0.187 e. The molecule has 6 heteroatoms. The van der Waals surface area contributed by atoms with Crippen LogP contribution < -0.4 is 0 Å². The van der Waals surface area contributed by atoms with Gasteiger partial charge in [0.05, 0.1) is 13.2 Å². The predicted octanol–water partition coefficient (Wildman–Crippen LogP) is 2.15. The molecular weight excluding hydrogens is 324 g/mol. The third-order valence-electron chi connectivity index (χ3n) is 4.51. The molecule has 25 heavy (non-hydrogen) atoms. The Hall–Kier alpha value is -0.500. The van der Waals surface area contributed by atoms with Gasteiger partial charge in [0.1, 0.15) is 24.4 Å². The van der Waals surface area contributed by atoms with Crippen LogP contribution in [0.3, 0.4) is 0 Å². The van der Waals surface area contributed by atoms with Crippen LogP contribution in [0.2, 0.25) is 0 Å². The summed E-state index contributed by atoms with van der Waals surface area (Å²) in [5, 5.41) is 29.9. The Morgan fingerprint density at radius 1 is 0.960 bits per heavy atom. The quantitative estimate of drug-likeness (QED) is 0.325. The fourth-order valence-electron chi connectivity index (χ4n) is 3.01. The Balaban J connectivity index is 2.29. The van der Waals surface area contributed by atoms with E-state index in [2.05, 4.69) is 13.5 Å². The smallest absolute Gasteiger partial charge is 0.187 e. The lowest BCUT2D eigenvalue weighted by atomic mass is 9.99. The SMILES string of the molecule is C=CCO[C@H]1O[C@H](CO)[C@@H](O)[C@H](OCCCCCCCCCC)[C@H]1O. The molecule has 0 aromatic rings. The number of rotatable bonds is 14. The van der Waals surface area contributed by atoms with Crippen LogP contribution >= 0.6 is 0 Å². The molecule has 1 aliphatic heterocycles. The molecule has 0 aromatic carbocycles. The molecule has 0 unspecified atom stereocenters. The Labute approximate surface area is 151 Å². The Morgan fingerprint density at radius 2 is 1.60 bits per heavy atom. The van der Waals surface area contributed by atoms with Crippen LogP contribution in [0.15, 0.2) is 12.7 Å². The fraction of sp³-hybridized carbons (Fsp3) is 0.895. The highest BCUT2D eigenvalue weighted by Gasteiger charge is 2.45. The third-order valence-corrected chi connectivity index (χ3v) is 4.51. The molecule has 1 rings (SSSR count). The average Bonchev–Trinajstić information content (AvgIpc) is 2.62. The lowest BCUT2D eigenvalue weighted by Gasteiger charge is -2.41. The predicted molar refractivity (Wildman–Crippen MR) is 96.3 cm³/mol. The second-order valence-electron chi connectivity index (χ2n) is 6.64. The summed E-state index contributed by atoms with van der Waals surface area (Å²) in [5.41, 5.74) is 0. The first kappa shape index (κ1) is 22.5. The van der Waals surface area contributed by atoms with Crippen LogP contribution in [-0.4, -0.2) is 65.8 Å². The van der Waals surface area contributed by atoms with Crippen LogP contribution in [0.4, 0.5) is 0 Å². The van der Waals surface area contributed by atoms with Crippen molar-refractivity contribution in [1.29, 1.82) is 0 Å². The number of hydrogen-bond acceptors (Lipinski definition) is 6. The van der Waals surface area contributed by atoms with Gasteiger partial charge in [0.15, 0.2) is 6.29 Å². The van der Waals surface area contributed by atoms with Crippen LogP contribution in [0.1, 0.15) is 58.3 Å². The van der Waals surface area contributed by atoms with Gasteiger partial charge in [-0.15, -0.1) is 6.58 Å². The van der Waals surface area contributed by atoms with Crippen LogP contribution in [0.25, 0.3) is 0 Å². The number of aliphatic hydroxyl groups is 3. The summed E-state index contributed by atoms with van der Waals surface area (Å²) in [7, 11) is 0. The first-order chi connectivity index (χ1) is 12.2. The molecule has 1 saturated heterocycles. The van der Waals surface area contributed by atoms with Crippen molar-refractivity contribution in [3.05, 3.63) is 12.7 Å². The normalized spacial score (nSPS) is 29.7. The van der Waals surface area contributed by atoms with E-state index in [1.54, 1.807) is 6.08 Å². The van der Waals surface area contributed by atoms with Crippen molar-refractivity contribution in [3.63, 3.8) is 0 Å². The summed E-state index contributed by atoms with van der Waals surface area (Å²) < 4.78 is 16.4. The monoisotopic (exact) mass is 360 g/mol. The Morgan fingerprint density at radius 3 is 2.20 bits per heavy atom. The molecule has 3 N–H and O–H groups in total. The molecule has 0 radical (unpaired) electrons. The minimum absolute atomic E-state index is 0.209. The van der Waals surface area contributed by atoms with Gasteiger partial charge in [0.2, 0.25) is 0 Å². The van der Waals surface area contributed by atoms with E-state index in [1.807, 2.05) is 0 Å². The van der Waals surface area contributed by atoms with Crippen molar-refractivity contribution in [1.82, 2.24) is 0 Å². The van der Waals surface area contributed by atoms with Gasteiger partial charge in [-0.3, -0.25) is 0 Å². The van der Waals surface area contributed by atoms with Gasteiger partial charge in [-0.1, -0.05) is 57.9 Å². The molecule has 0 spiro atoms. The lowest BCUT2D eigenvalue weighted by Crippen LogP contribution is -2.60. The summed E-state index contributed by atoms with van der Waals surface area (Å²) in [6.45, 7) is 6.07. The van der Waals surface area contributed by atoms with Crippen molar-refractivity contribution in [2.24, 2.45) is 0 Å². The number of aliphatic hydroxyl groups excluding tert-OH is 3. The van der Waals surface area contributed by atoms with Crippen molar-refractivity contribution in [2.75, 3.05) is 19.8 Å². The second kappa shape index (κ2) is 13.7. The van der Waals surface area contributed by atoms with Crippen molar-refractivity contribution in [2.45, 2.75) is 89.0 Å². The molecule has 0 amide bonds. The van der Waals surface area contributed by atoms with Crippen molar-refractivity contribution in [3.8, 4) is 0 Å². The molecule has 6 nitrogen and oxygen atoms in total. The lowest BCUT2D eigenvalue weighted by molar-refractivity contribution is -0.305. The highest BCUT2D eigenvalue weighted by molar-refractivity contribution is 4.90. The minimum Gasteiger partial charge on any atom is -0.394 e. The van der Waals surface area contributed by atoms with E-state index in [4.69, 9.17) is 14.2 Å². The molecule has 1 fully saturated rings. The van der Waals surface area contributed by atoms with Gasteiger partial charge in [-0.2, -0.15) is 0 Å². The molecule has 1 heterocycles. The summed E-state index contributed by atoms with van der Waals surface area (Å²) in [4.78, 5) is 0. The van der Waals surface area contributed by atoms with E-state index in [9.17, 15) is 15.3 Å². The van der Waals surface area contributed by atoms with Gasteiger partial charge in [-0.05, 0) is 6.42 Å². The summed E-state index contributed by atoms with van der Waals surface area (Å²) in [6, 6.07) is 0. The van der Waals surface area contributed by atoms with Crippen molar-refractivity contribution >= 4 is 0 Å². The Kier molecular flexibility index (Phi) is 12.3. The highest BCUT2D eigenvalue weighted by Crippen LogP contribution is 2.24. The molecule has 0 aliphatic carbocycles. The molecule has 0 saturated carbocycles. The average molecular weight is 360 g/mol. The van der Waals surface area contributed by atoms with E-state index >= 15 is 0 Å². The van der Waals surface area contributed by atoms with Crippen LogP contribution in [-0.2, 0) is 14.2 Å². The van der Waals surface area contributed by atoms with Gasteiger partial charge in [0, 0.05) is 6.61 Å². The number of ether oxygens (including phenoxy) is 3. The Bertz CT molecular complexity index is 338. The van der Waals surface area contributed by atoms with Gasteiger partial charge < -0.3 is 29.5 Å². The molecule has 0 aromatic heterocycles. The molecule has 5 atom stereocenters. The zero-order chi connectivity index (χ0) is 18.5. The molecule has 1 aliphatic rings. The summed E-state index contributed by atoms with van der Waals surface area (Å²) >= 11 is 0. The second-order valence-corrected chi connectivity index (χ2v) is 6.64. The van der Waals surface area contributed by atoms with Crippen molar-refractivity contribution < 1.29 is 29.5 Å². The maximum atomic E-state index is 10.3. The van der Waals surface area contributed by atoms with Gasteiger partial charge in [-0.25, -0.2) is 0 Å². The third kappa shape index (κ3) is 8.15. The fourth-order valence-corrected chi connectivity index (χ4v) is 3.01. The van der Waals surface area contributed by atoms with E-state index in [0.29, 0.717) is 6.61 Å². The molecule has 0 bridgehead atoms. The zero-order valence-corrected chi connectivity index (χ0v) is 15.5. The standard InChI is InChI=1S/C19H36O6/c1-3-5-6-7-8-9-10-11-13-23-18-16(21)15(14-20)25-19(17(18)22)24-12-4-2/h4,15-22H,2-3,5-14H2,1H3/t15-,16-,17-,18+,19+/m1/s1. The van der Waals surface area contributed by atoms with E-state index < -0.39 is 30.7 Å².